The van der Waals surface area contributed by atoms with Crippen molar-refractivity contribution >= 4 is 35.6 Å². The largest absolute Gasteiger partial charge is 2.00 e. The van der Waals surface area contributed by atoms with E-state index >= 15 is 0 Å². The maximum atomic E-state index is 10.0. The fourth-order valence-corrected chi connectivity index (χ4v) is 2.45. The zero-order valence-corrected chi connectivity index (χ0v) is 18.7. The minimum absolute atomic E-state index is 0. The Hall–Kier alpha value is -0.270. The molecule has 0 bridgehead atoms. The van der Waals surface area contributed by atoms with E-state index in [4.69, 9.17) is 0 Å². The minimum Gasteiger partial charge on any atom is -0.550 e. The van der Waals surface area contributed by atoms with E-state index in [2.05, 4.69) is 13.8 Å². The molecular weight excluding hydrogens is 432 g/mol. The SMILES string of the molecule is CCCCCCCCCC(=O)[O-].CCCCCCCCCC(=O)[O-].[Te+2]. The molecule has 0 amide bonds. The maximum absolute atomic E-state index is 10.0. The molecule has 0 saturated heterocycles. The summed E-state index contributed by atoms with van der Waals surface area (Å²) in [5, 5.41) is 20.0. The standard InChI is InChI=1S/2C10H20O2.Te/c2*1-2-3-4-5-6-7-8-9-10(11)12;/h2*2-9H2,1H3,(H,11,12);/q;;+2/p-2. The van der Waals surface area contributed by atoms with Gasteiger partial charge in [0.05, 0.1) is 0 Å². The summed E-state index contributed by atoms with van der Waals surface area (Å²) in [7, 11) is 0. The second-order valence-corrected chi connectivity index (χ2v) is 6.49. The minimum atomic E-state index is -0.913. The molecule has 5 heteroatoms. The first-order valence-corrected chi connectivity index (χ1v) is 9.94. The third-order valence-electron chi connectivity index (χ3n) is 3.97. The Balaban J connectivity index is -0.000000372. The van der Waals surface area contributed by atoms with E-state index in [0.29, 0.717) is 0 Å². The monoisotopic (exact) mass is 472 g/mol. The second-order valence-electron chi connectivity index (χ2n) is 6.49. The van der Waals surface area contributed by atoms with Crippen LogP contribution in [-0.2, 0) is 9.59 Å². The van der Waals surface area contributed by atoms with Gasteiger partial charge in [0, 0.05) is 11.9 Å². The van der Waals surface area contributed by atoms with Crippen LogP contribution in [0.15, 0.2) is 0 Å². The smallest absolute Gasteiger partial charge is 0.550 e. The van der Waals surface area contributed by atoms with Gasteiger partial charge in [0.15, 0.2) is 0 Å². The van der Waals surface area contributed by atoms with Crippen LogP contribution >= 0.6 is 0 Å². The van der Waals surface area contributed by atoms with Gasteiger partial charge in [-0.15, -0.1) is 0 Å². The summed E-state index contributed by atoms with van der Waals surface area (Å²) < 4.78 is 0. The summed E-state index contributed by atoms with van der Waals surface area (Å²) in [6, 6.07) is 0. The van der Waals surface area contributed by atoms with E-state index in [1.807, 2.05) is 0 Å². The Morgan fingerprint density at radius 2 is 0.760 bits per heavy atom. The fraction of sp³-hybridized carbons (Fsp3) is 0.900. The summed E-state index contributed by atoms with van der Waals surface area (Å²) in [5.41, 5.74) is 0. The molecule has 0 aromatic heterocycles. The normalized spacial score (nSPS) is 9.68. The van der Waals surface area contributed by atoms with Crippen molar-refractivity contribution in [2.75, 3.05) is 0 Å². The molecule has 0 aromatic rings. The zero-order chi connectivity index (χ0) is 18.5. The van der Waals surface area contributed by atoms with Crippen molar-refractivity contribution in [2.45, 2.75) is 117 Å². The van der Waals surface area contributed by atoms with Gasteiger partial charge < -0.3 is 19.8 Å². The number of carboxylic acid groups (broad SMARTS) is 2. The molecule has 25 heavy (non-hydrogen) atoms. The average Bonchev–Trinajstić information content (AvgIpc) is 2.53. The van der Waals surface area contributed by atoms with Crippen LogP contribution in [0.5, 0.6) is 0 Å². The molecule has 0 saturated carbocycles. The topological polar surface area (TPSA) is 80.3 Å². The molecule has 0 aliphatic rings. The number of carbonyl (C=O) groups excluding carboxylic acids is 2. The quantitative estimate of drug-likeness (QED) is 0.256. The molecule has 0 N–H and O–H groups in total. The first kappa shape index (κ1) is 29.5. The van der Waals surface area contributed by atoms with Crippen molar-refractivity contribution in [1.82, 2.24) is 0 Å². The van der Waals surface area contributed by atoms with Gasteiger partial charge in [-0.2, -0.15) is 0 Å². The number of unbranched alkanes of at least 4 members (excludes halogenated alkanes) is 12. The maximum Gasteiger partial charge on any atom is 2.00 e. The van der Waals surface area contributed by atoms with Crippen molar-refractivity contribution < 1.29 is 19.8 Å². The van der Waals surface area contributed by atoms with Crippen LogP contribution < -0.4 is 10.2 Å². The number of carboxylic acids is 2. The van der Waals surface area contributed by atoms with Crippen LogP contribution in [0.4, 0.5) is 0 Å². The van der Waals surface area contributed by atoms with Crippen LogP contribution in [-0.4, -0.2) is 35.6 Å². The van der Waals surface area contributed by atoms with Gasteiger partial charge in [-0.05, 0) is 25.7 Å². The molecule has 0 heterocycles. The summed E-state index contributed by atoms with van der Waals surface area (Å²) in [4.78, 5) is 20.0. The van der Waals surface area contributed by atoms with E-state index in [-0.39, 0.29) is 36.5 Å². The van der Waals surface area contributed by atoms with Crippen molar-refractivity contribution in [1.29, 1.82) is 0 Å². The summed E-state index contributed by atoms with van der Waals surface area (Å²) in [5.74, 6) is -1.83. The Labute approximate surface area is 171 Å². The van der Waals surface area contributed by atoms with Gasteiger partial charge >= 0.3 is 23.7 Å². The molecule has 0 aromatic carbocycles. The Bertz CT molecular complexity index is 255. The number of hydrogen-bond donors (Lipinski definition) is 0. The average molecular weight is 470 g/mol. The van der Waals surface area contributed by atoms with E-state index < -0.39 is 11.9 Å². The van der Waals surface area contributed by atoms with E-state index in [9.17, 15) is 19.8 Å². The molecule has 0 fully saturated rings. The Kier molecular flexibility index (Phi) is 30.6. The summed E-state index contributed by atoms with van der Waals surface area (Å²) >= 11 is 0. The van der Waals surface area contributed by atoms with Gasteiger partial charge in [0.25, 0.3) is 0 Å². The van der Waals surface area contributed by atoms with E-state index in [1.165, 1.54) is 64.2 Å². The van der Waals surface area contributed by atoms with Crippen molar-refractivity contribution in [2.24, 2.45) is 0 Å². The van der Waals surface area contributed by atoms with Gasteiger partial charge in [0.1, 0.15) is 0 Å². The molecule has 0 rings (SSSR count). The first-order valence-electron chi connectivity index (χ1n) is 9.94. The molecule has 0 aliphatic heterocycles. The third kappa shape index (κ3) is 35.6. The Morgan fingerprint density at radius 3 is 1.00 bits per heavy atom. The summed E-state index contributed by atoms with van der Waals surface area (Å²) in [6.45, 7) is 4.38. The molecule has 4 nitrogen and oxygen atoms in total. The van der Waals surface area contributed by atoms with Crippen LogP contribution in [0.3, 0.4) is 0 Å². The Morgan fingerprint density at radius 1 is 0.520 bits per heavy atom. The molecule has 0 spiro atoms. The van der Waals surface area contributed by atoms with Crippen LogP contribution in [0.2, 0.25) is 0 Å². The predicted molar refractivity (Wildman–Crippen MR) is 101 cm³/mol. The van der Waals surface area contributed by atoms with Crippen molar-refractivity contribution in [3.8, 4) is 0 Å². The van der Waals surface area contributed by atoms with Crippen molar-refractivity contribution in [3.05, 3.63) is 0 Å². The number of hydrogen-bond acceptors (Lipinski definition) is 4. The molecule has 4 radical (unpaired) electrons. The number of carbonyl (C=O) groups is 2. The van der Waals surface area contributed by atoms with E-state index in [0.717, 1.165) is 25.7 Å². The second kappa shape index (κ2) is 26.0. The molecule has 0 aliphatic carbocycles. The molecular formula is C20H38O4Te. The van der Waals surface area contributed by atoms with E-state index in [1.54, 1.807) is 0 Å². The number of rotatable bonds is 16. The van der Waals surface area contributed by atoms with Gasteiger partial charge in [-0.3, -0.25) is 0 Å². The van der Waals surface area contributed by atoms with Crippen molar-refractivity contribution in [3.63, 3.8) is 0 Å². The molecule has 148 valence electrons. The summed E-state index contributed by atoms with van der Waals surface area (Å²) in [6.07, 6.45) is 16.7. The van der Waals surface area contributed by atoms with Gasteiger partial charge in [-0.1, -0.05) is 90.9 Å². The van der Waals surface area contributed by atoms with Crippen LogP contribution in [0.1, 0.15) is 117 Å². The van der Waals surface area contributed by atoms with Crippen LogP contribution in [0.25, 0.3) is 0 Å². The first-order chi connectivity index (χ1) is 11.5. The zero-order valence-electron chi connectivity index (χ0n) is 16.4. The van der Waals surface area contributed by atoms with Crippen LogP contribution in [0, 0.1) is 0 Å². The molecule has 0 unspecified atom stereocenters. The van der Waals surface area contributed by atoms with Gasteiger partial charge in [0.2, 0.25) is 0 Å². The van der Waals surface area contributed by atoms with Gasteiger partial charge in [-0.25, -0.2) is 0 Å². The predicted octanol–water partition coefficient (Wildman–Crippen LogP) is 3.37. The number of aliphatic carboxylic acids is 2. The third-order valence-corrected chi connectivity index (χ3v) is 3.97. The molecule has 0 atom stereocenters. The fourth-order valence-electron chi connectivity index (χ4n) is 2.45.